The lowest BCUT2D eigenvalue weighted by atomic mass is 9.80. The average molecular weight is 462 g/mol. The minimum atomic E-state index is -0.642. The second-order valence-electron chi connectivity index (χ2n) is 10.3. The van der Waals surface area contributed by atoms with Gasteiger partial charge in [0.25, 0.3) is 0 Å². The summed E-state index contributed by atoms with van der Waals surface area (Å²) >= 11 is 0. The Hall–Kier alpha value is -3.42. The van der Waals surface area contributed by atoms with Crippen molar-refractivity contribution in [2.24, 2.45) is 0 Å². The number of para-hydroxylation sites is 2. The molecule has 5 aromatic rings. The first-order valence-corrected chi connectivity index (χ1v) is 11.9. The summed E-state index contributed by atoms with van der Waals surface area (Å²) < 4.78 is 12.9. The molecular formula is C28H27BN4O2. The molecular weight excluding hydrogens is 435 g/mol. The fraction of sp³-hybridized carbons (Fsp3) is 0.286. The van der Waals surface area contributed by atoms with Crippen LogP contribution in [-0.4, -0.2) is 38.3 Å². The van der Waals surface area contributed by atoms with E-state index >= 15 is 0 Å². The Morgan fingerprint density at radius 2 is 1.31 bits per heavy atom. The lowest BCUT2D eigenvalue weighted by Crippen LogP contribution is -2.41. The Balaban J connectivity index is 1.67. The minimum Gasteiger partial charge on any atom is -0.398 e. The zero-order valence-electron chi connectivity index (χ0n) is 20.9. The van der Waals surface area contributed by atoms with Crippen LogP contribution in [0.3, 0.4) is 0 Å². The van der Waals surface area contributed by atoms with Crippen LogP contribution >= 0.6 is 0 Å². The Morgan fingerprint density at radius 3 is 2.03 bits per heavy atom. The molecule has 0 bridgehead atoms. The van der Waals surface area contributed by atoms with Crippen LogP contribution in [0.25, 0.3) is 44.1 Å². The third-order valence-corrected chi connectivity index (χ3v) is 7.24. The van der Waals surface area contributed by atoms with Gasteiger partial charge in [0, 0.05) is 27.7 Å². The summed E-state index contributed by atoms with van der Waals surface area (Å²) in [6, 6.07) is 18.3. The maximum Gasteiger partial charge on any atom is 0.516 e. The standard InChI is InChI=1S/C28H27BN4O2/c1-16-11-12-18-13-14-19-20(15-17(2)31-24(19)23(18)30-16)25-26(29-34-27(3,4)28(5,6)35-29)33-22-10-8-7-9-21(22)32-25/h7-15H,1-6H3. The van der Waals surface area contributed by atoms with E-state index in [9.17, 15) is 0 Å². The summed E-state index contributed by atoms with van der Waals surface area (Å²) in [5, 5.41) is 2.03. The number of aromatic nitrogens is 4. The van der Waals surface area contributed by atoms with Gasteiger partial charge in [0.05, 0.1) is 44.6 Å². The van der Waals surface area contributed by atoms with E-state index < -0.39 is 18.3 Å². The van der Waals surface area contributed by atoms with E-state index in [0.29, 0.717) is 5.59 Å². The Labute approximate surface area is 204 Å². The maximum atomic E-state index is 6.44. The molecule has 0 amide bonds. The van der Waals surface area contributed by atoms with Crippen LogP contribution in [-0.2, 0) is 9.31 Å². The van der Waals surface area contributed by atoms with E-state index in [1.54, 1.807) is 0 Å². The molecule has 0 aliphatic carbocycles. The topological polar surface area (TPSA) is 70.0 Å². The quantitative estimate of drug-likeness (QED) is 0.262. The van der Waals surface area contributed by atoms with Crippen LogP contribution in [0.15, 0.2) is 54.6 Å². The van der Waals surface area contributed by atoms with Gasteiger partial charge in [0.2, 0.25) is 0 Å². The van der Waals surface area contributed by atoms with Gasteiger partial charge in [-0.1, -0.05) is 30.3 Å². The average Bonchev–Trinajstić information content (AvgIpc) is 3.04. The van der Waals surface area contributed by atoms with Gasteiger partial charge >= 0.3 is 7.12 Å². The SMILES string of the molecule is Cc1ccc2ccc3c(-c4nc5ccccc5nc4B4OC(C)(C)C(C)(C)O4)cc(C)nc3c2n1. The maximum absolute atomic E-state index is 6.44. The summed E-state index contributed by atoms with van der Waals surface area (Å²) in [5.74, 6) is 0. The van der Waals surface area contributed by atoms with E-state index in [-0.39, 0.29) is 0 Å². The van der Waals surface area contributed by atoms with E-state index in [4.69, 9.17) is 29.2 Å². The highest BCUT2D eigenvalue weighted by Crippen LogP contribution is 2.38. The number of hydrogen-bond donors (Lipinski definition) is 0. The molecule has 0 saturated carbocycles. The first-order valence-electron chi connectivity index (χ1n) is 11.9. The fourth-order valence-electron chi connectivity index (χ4n) is 4.62. The lowest BCUT2D eigenvalue weighted by Gasteiger charge is -2.32. The van der Waals surface area contributed by atoms with Crippen molar-refractivity contribution in [2.45, 2.75) is 52.7 Å². The van der Waals surface area contributed by atoms with Crippen LogP contribution in [0.5, 0.6) is 0 Å². The molecule has 1 aliphatic heterocycles. The van der Waals surface area contributed by atoms with Gasteiger partial charge in [-0.05, 0) is 65.8 Å². The molecule has 7 heteroatoms. The van der Waals surface area contributed by atoms with Gasteiger partial charge in [0.1, 0.15) is 0 Å². The molecule has 174 valence electrons. The van der Waals surface area contributed by atoms with E-state index in [1.165, 1.54) is 0 Å². The molecule has 1 aliphatic rings. The number of fused-ring (bicyclic) bond motifs is 4. The van der Waals surface area contributed by atoms with Gasteiger partial charge in [0.15, 0.2) is 0 Å². The Kier molecular flexibility index (Phi) is 4.76. The molecule has 6 rings (SSSR count). The Bertz CT molecular complexity index is 1630. The second kappa shape index (κ2) is 7.54. The lowest BCUT2D eigenvalue weighted by molar-refractivity contribution is 0.00578. The zero-order valence-corrected chi connectivity index (χ0v) is 20.9. The molecule has 6 nitrogen and oxygen atoms in total. The number of nitrogens with zero attached hydrogens (tertiary/aromatic N) is 4. The van der Waals surface area contributed by atoms with Gasteiger partial charge in [-0.3, -0.25) is 15.0 Å². The van der Waals surface area contributed by atoms with Crippen molar-refractivity contribution in [3.8, 4) is 11.3 Å². The van der Waals surface area contributed by atoms with Crippen LogP contribution in [0.2, 0.25) is 0 Å². The zero-order chi connectivity index (χ0) is 24.5. The van der Waals surface area contributed by atoms with Crippen molar-refractivity contribution in [1.29, 1.82) is 0 Å². The minimum absolute atomic E-state index is 0.490. The van der Waals surface area contributed by atoms with Crippen molar-refractivity contribution in [3.05, 3.63) is 66.0 Å². The molecule has 1 fully saturated rings. The van der Waals surface area contributed by atoms with Crippen LogP contribution < -0.4 is 5.59 Å². The van der Waals surface area contributed by atoms with Crippen molar-refractivity contribution in [1.82, 2.24) is 19.9 Å². The normalized spacial score (nSPS) is 17.0. The first-order chi connectivity index (χ1) is 16.6. The summed E-state index contributed by atoms with van der Waals surface area (Å²) in [6.07, 6.45) is 0. The van der Waals surface area contributed by atoms with Gasteiger partial charge in [-0.15, -0.1) is 0 Å². The van der Waals surface area contributed by atoms with Gasteiger partial charge in [-0.2, -0.15) is 0 Å². The second-order valence-corrected chi connectivity index (χ2v) is 10.3. The van der Waals surface area contributed by atoms with Gasteiger partial charge in [-0.25, -0.2) is 4.98 Å². The third-order valence-electron chi connectivity index (χ3n) is 7.24. The number of hydrogen-bond acceptors (Lipinski definition) is 6. The van der Waals surface area contributed by atoms with Gasteiger partial charge < -0.3 is 9.31 Å². The fourth-order valence-corrected chi connectivity index (χ4v) is 4.62. The highest BCUT2D eigenvalue weighted by atomic mass is 16.7. The molecule has 2 aromatic carbocycles. The van der Waals surface area contributed by atoms with Crippen molar-refractivity contribution in [2.75, 3.05) is 0 Å². The van der Waals surface area contributed by atoms with Crippen molar-refractivity contribution >= 4 is 45.6 Å². The molecule has 35 heavy (non-hydrogen) atoms. The smallest absolute Gasteiger partial charge is 0.398 e. The van der Waals surface area contributed by atoms with E-state index in [2.05, 4.69) is 24.3 Å². The highest BCUT2D eigenvalue weighted by Gasteiger charge is 2.53. The van der Waals surface area contributed by atoms with Crippen LogP contribution in [0.1, 0.15) is 39.1 Å². The van der Waals surface area contributed by atoms with Crippen molar-refractivity contribution < 1.29 is 9.31 Å². The summed E-state index contributed by atoms with van der Waals surface area (Å²) in [4.78, 5) is 19.8. The molecule has 0 unspecified atom stereocenters. The molecule has 0 radical (unpaired) electrons. The number of pyridine rings is 2. The number of rotatable bonds is 2. The number of aryl methyl sites for hydroxylation is 2. The molecule has 4 heterocycles. The predicted molar refractivity (Wildman–Crippen MR) is 141 cm³/mol. The third kappa shape index (κ3) is 3.49. The monoisotopic (exact) mass is 462 g/mol. The van der Waals surface area contributed by atoms with Crippen LogP contribution in [0.4, 0.5) is 0 Å². The van der Waals surface area contributed by atoms with Crippen molar-refractivity contribution in [3.63, 3.8) is 0 Å². The highest BCUT2D eigenvalue weighted by molar-refractivity contribution is 6.63. The predicted octanol–water partition coefficient (Wildman–Crippen LogP) is 5.31. The van der Waals surface area contributed by atoms with E-state index in [1.807, 2.05) is 71.9 Å². The molecule has 0 N–H and O–H groups in total. The molecule has 1 saturated heterocycles. The molecule has 0 atom stereocenters. The summed E-state index contributed by atoms with van der Waals surface area (Å²) in [5.41, 5.74) is 6.59. The van der Waals surface area contributed by atoms with E-state index in [0.717, 1.165) is 55.5 Å². The summed E-state index contributed by atoms with van der Waals surface area (Å²) in [7, 11) is -0.642. The Morgan fingerprint density at radius 1 is 0.686 bits per heavy atom. The van der Waals surface area contributed by atoms with Crippen LogP contribution in [0, 0.1) is 13.8 Å². The molecule has 0 spiro atoms. The molecule has 3 aromatic heterocycles. The summed E-state index contributed by atoms with van der Waals surface area (Å²) in [6.45, 7) is 12.2. The first kappa shape index (κ1) is 22.1. The largest absolute Gasteiger partial charge is 0.516 e. The number of benzene rings is 2.